The summed E-state index contributed by atoms with van der Waals surface area (Å²) < 4.78 is 19.2. The van der Waals surface area contributed by atoms with Gasteiger partial charge in [-0.25, -0.2) is 9.37 Å². The molecule has 0 bridgehead atoms. The Bertz CT molecular complexity index is 1140. The lowest BCUT2D eigenvalue weighted by Crippen LogP contribution is -2.10. The van der Waals surface area contributed by atoms with Gasteiger partial charge < -0.3 is 9.72 Å². The first-order chi connectivity index (χ1) is 12.7. The van der Waals surface area contributed by atoms with Crippen LogP contribution in [-0.2, 0) is 6.61 Å². The van der Waals surface area contributed by atoms with Crippen LogP contribution in [0.25, 0.3) is 22.3 Å². The zero-order valence-corrected chi connectivity index (χ0v) is 13.8. The van der Waals surface area contributed by atoms with E-state index in [4.69, 9.17) is 4.74 Å². The maximum atomic E-state index is 13.3. The van der Waals surface area contributed by atoms with Gasteiger partial charge in [-0.1, -0.05) is 36.4 Å². The van der Waals surface area contributed by atoms with Gasteiger partial charge in [0, 0.05) is 0 Å². The summed E-state index contributed by atoms with van der Waals surface area (Å²) >= 11 is 0. The molecule has 3 aromatic carbocycles. The molecule has 0 amide bonds. The molecule has 0 saturated heterocycles. The van der Waals surface area contributed by atoms with Crippen LogP contribution in [0.15, 0.2) is 77.6 Å². The van der Waals surface area contributed by atoms with Crippen molar-refractivity contribution in [3.05, 3.63) is 94.5 Å². The number of fused-ring (bicyclic) bond motifs is 1. The van der Waals surface area contributed by atoms with E-state index >= 15 is 0 Å². The third-order valence-corrected chi connectivity index (χ3v) is 4.04. The smallest absolute Gasteiger partial charge is 0.259 e. The van der Waals surface area contributed by atoms with E-state index in [-0.39, 0.29) is 18.0 Å². The minimum atomic E-state index is -0.306. The lowest BCUT2D eigenvalue weighted by atomic mass is 10.1. The summed E-state index contributed by atoms with van der Waals surface area (Å²) in [4.78, 5) is 19.7. The molecular weight excluding hydrogens is 331 g/mol. The molecule has 0 saturated carbocycles. The van der Waals surface area contributed by atoms with Crippen LogP contribution in [0.3, 0.4) is 0 Å². The lowest BCUT2D eigenvalue weighted by Gasteiger charge is -2.11. The molecule has 1 heterocycles. The summed E-state index contributed by atoms with van der Waals surface area (Å²) in [5.74, 6) is 0.693. The fourth-order valence-corrected chi connectivity index (χ4v) is 2.79. The van der Waals surface area contributed by atoms with Crippen molar-refractivity contribution in [3.8, 4) is 17.1 Å². The molecule has 0 radical (unpaired) electrons. The van der Waals surface area contributed by atoms with Gasteiger partial charge in [-0.15, -0.1) is 0 Å². The number of hydrogen-bond donors (Lipinski definition) is 1. The van der Waals surface area contributed by atoms with Gasteiger partial charge in [0.1, 0.15) is 24.0 Å². The number of nitrogens with zero attached hydrogens (tertiary/aromatic N) is 1. The van der Waals surface area contributed by atoms with Crippen LogP contribution in [0.1, 0.15) is 5.56 Å². The van der Waals surface area contributed by atoms with Gasteiger partial charge in [0.25, 0.3) is 5.56 Å². The molecule has 4 aromatic rings. The zero-order chi connectivity index (χ0) is 17.9. The van der Waals surface area contributed by atoms with Gasteiger partial charge in [0.05, 0.1) is 16.5 Å². The van der Waals surface area contributed by atoms with E-state index in [1.807, 2.05) is 24.3 Å². The van der Waals surface area contributed by atoms with E-state index in [2.05, 4.69) is 9.97 Å². The number of halogens is 1. The van der Waals surface area contributed by atoms with Crippen LogP contribution < -0.4 is 10.3 Å². The number of H-pyrrole nitrogens is 1. The topological polar surface area (TPSA) is 55.0 Å². The molecule has 4 rings (SSSR count). The SMILES string of the molecule is O=c1[nH]c(-c2ccccc2OCc2cccc(F)c2)nc2ccccc12. The zero-order valence-electron chi connectivity index (χ0n) is 13.8. The van der Waals surface area contributed by atoms with Crippen molar-refractivity contribution in [2.75, 3.05) is 0 Å². The maximum absolute atomic E-state index is 13.3. The number of ether oxygens (including phenoxy) is 1. The van der Waals surface area contributed by atoms with Crippen molar-refractivity contribution < 1.29 is 9.13 Å². The van der Waals surface area contributed by atoms with E-state index in [0.29, 0.717) is 28.0 Å². The van der Waals surface area contributed by atoms with Crippen LogP contribution in [0, 0.1) is 5.82 Å². The number of aromatic amines is 1. The number of benzene rings is 3. The van der Waals surface area contributed by atoms with Crippen LogP contribution >= 0.6 is 0 Å². The van der Waals surface area contributed by atoms with Crippen LogP contribution in [0.4, 0.5) is 4.39 Å². The Kier molecular flexibility index (Phi) is 4.19. The molecule has 0 atom stereocenters. The number of hydrogen-bond acceptors (Lipinski definition) is 3. The summed E-state index contributed by atoms with van der Waals surface area (Å²) in [6.45, 7) is 0.215. The minimum absolute atomic E-state index is 0.203. The fourth-order valence-electron chi connectivity index (χ4n) is 2.79. The first-order valence-corrected chi connectivity index (χ1v) is 8.16. The molecule has 5 heteroatoms. The molecule has 1 aromatic heterocycles. The van der Waals surface area contributed by atoms with Crippen LogP contribution in [0.5, 0.6) is 5.75 Å². The van der Waals surface area contributed by atoms with Crippen molar-refractivity contribution in [1.29, 1.82) is 0 Å². The summed E-state index contributed by atoms with van der Waals surface area (Å²) in [6.07, 6.45) is 0. The summed E-state index contributed by atoms with van der Waals surface area (Å²) in [5, 5.41) is 0.536. The second-order valence-electron chi connectivity index (χ2n) is 5.85. The van der Waals surface area contributed by atoms with Gasteiger partial charge >= 0.3 is 0 Å². The molecule has 0 aliphatic rings. The second-order valence-corrected chi connectivity index (χ2v) is 5.85. The molecule has 0 fully saturated rings. The van der Waals surface area contributed by atoms with Gasteiger partial charge in [0.2, 0.25) is 0 Å². The first-order valence-electron chi connectivity index (χ1n) is 8.16. The Morgan fingerprint density at radius 1 is 0.962 bits per heavy atom. The number of aromatic nitrogens is 2. The molecule has 0 aliphatic carbocycles. The van der Waals surface area contributed by atoms with E-state index < -0.39 is 0 Å². The third kappa shape index (κ3) is 3.19. The highest BCUT2D eigenvalue weighted by atomic mass is 19.1. The molecule has 26 heavy (non-hydrogen) atoms. The van der Waals surface area contributed by atoms with Crippen molar-refractivity contribution in [2.45, 2.75) is 6.61 Å². The van der Waals surface area contributed by atoms with Crippen LogP contribution in [0.2, 0.25) is 0 Å². The van der Waals surface area contributed by atoms with E-state index in [0.717, 1.165) is 5.56 Å². The highest BCUT2D eigenvalue weighted by molar-refractivity contribution is 5.80. The Morgan fingerprint density at radius 2 is 1.77 bits per heavy atom. The van der Waals surface area contributed by atoms with Gasteiger partial charge in [-0.05, 0) is 42.0 Å². The van der Waals surface area contributed by atoms with Gasteiger partial charge in [-0.2, -0.15) is 0 Å². The largest absolute Gasteiger partial charge is 0.488 e. The molecule has 0 unspecified atom stereocenters. The van der Waals surface area contributed by atoms with Crippen LogP contribution in [-0.4, -0.2) is 9.97 Å². The monoisotopic (exact) mass is 346 g/mol. The van der Waals surface area contributed by atoms with Crippen molar-refractivity contribution in [1.82, 2.24) is 9.97 Å². The average molecular weight is 346 g/mol. The Labute approximate surface area is 148 Å². The molecule has 1 N–H and O–H groups in total. The number of para-hydroxylation sites is 2. The highest BCUT2D eigenvalue weighted by Gasteiger charge is 2.11. The highest BCUT2D eigenvalue weighted by Crippen LogP contribution is 2.28. The first kappa shape index (κ1) is 16.0. The standard InChI is InChI=1S/C21H15FN2O2/c22-15-7-5-6-14(12-15)13-26-19-11-4-2-9-17(19)20-23-18-10-3-1-8-16(18)21(25)24-20/h1-12H,13H2,(H,23,24,25). The predicted molar refractivity (Wildman–Crippen MR) is 98.5 cm³/mol. The summed E-state index contributed by atoms with van der Waals surface area (Å²) in [5.41, 5.74) is 1.81. The maximum Gasteiger partial charge on any atom is 0.259 e. The van der Waals surface area contributed by atoms with E-state index in [1.54, 1.807) is 36.4 Å². The predicted octanol–water partition coefficient (Wildman–Crippen LogP) is 4.31. The molecule has 0 aliphatic heterocycles. The van der Waals surface area contributed by atoms with E-state index in [9.17, 15) is 9.18 Å². The normalized spacial score (nSPS) is 10.8. The van der Waals surface area contributed by atoms with E-state index in [1.165, 1.54) is 12.1 Å². The Balaban J connectivity index is 1.71. The average Bonchev–Trinajstić information content (AvgIpc) is 2.67. The molecule has 0 spiro atoms. The van der Waals surface area contributed by atoms with Gasteiger partial charge in [-0.3, -0.25) is 4.79 Å². The third-order valence-electron chi connectivity index (χ3n) is 4.04. The number of nitrogens with one attached hydrogen (secondary N) is 1. The summed E-state index contributed by atoms with van der Waals surface area (Å²) in [6, 6.07) is 20.7. The minimum Gasteiger partial charge on any atom is -0.488 e. The van der Waals surface area contributed by atoms with Crippen molar-refractivity contribution >= 4 is 10.9 Å². The quantitative estimate of drug-likeness (QED) is 0.599. The van der Waals surface area contributed by atoms with Gasteiger partial charge in [0.15, 0.2) is 0 Å². The molecule has 4 nitrogen and oxygen atoms in total. The van der Waals surface area contributed by atoms with Crippen molar-refractivity contribution in [3.63, 3.8) is 0 Å². The second kappa shape index (κ2) is 6.80. The Morgan fingerprint density at radius 3 is 2.65 bits per heavy atom. The Hall–Kier alpha value is -3.47. The molecule has 128 valence electrons. The molecular formula is C21H15FN2O2. The number of rotatable bonds is 4. The van der Waals surface area contributed by atoms with Crippen molar-refractivity contribution in [2.24, 2.45) is 0 Å². The summed E-state index contributed by atoms with van der Waals surface area (Å²) in [7, 11) is 0. The fraction of sp³-hybridized carbons (Fsp3) is 0.0476. The lowest BCUT2D eigenvalue weighted by molar-refractivity contribution is 0.306.